The summed E-state index contributed by atoms with van der Waals surface area (Å²) in [4.78, 5) is 0. The first-order chi connectivity index (χ1) is 9.25. The van der Waals surface area contributed by atoms with Crippen LogP contribution in [0.2, 0.25) is 0 Å². The number of aromatic hydroxyl groups is 4. The van der Waals surface area contributed by atoms with Crippen molar-refractivity contribution in [1.29, 1.82) is 0 Å². The molecule has 2 aromatic rings. The lowest BCUT2D eigenvalue weighted by molar-refractivity contribution is 0.185. The molecule has 5 heteroatoms. The third kappa shape index (κ3) is 1.37. The molecule has 0 aliphatic carbocycles. The number of ether oxygens (including phenoxy) is 1. The molecular formula is C15H16O5. The highest BCUT2D eigenvalue weighted by molar-refractivity contribution is 5.99. The van der Waals surface area contributed by atoms with E-state index in [0.717, 1.165) is 0 Å². The van der Waals surface area contributed by atoms with Gasteiger partial charge in [-0.25, -0.2) is 0 Å². The van der Waals surface area contributed by atoms with Crippen LogP contribution in [0.3, 0.4) is 0 Å². The van der Waals surface area contributed by atoms with E-state index in [4.69, 9.17) is 4.74 Å². The van der Waals surface area contributed by atoms with Crippen LogP contribution in [-0.2, 0) is 5.41 Å². The van der Waals surface area contributed by atoms with E-state index in [2.05, 4.69) is 0 Å². The molecule has 0 saturated heterocycles. The SMILES string of the molecule is CC1Oc2cc3cc(O)c(O)c(O)c3c(O)c2C1(C)C. The number of benzene rings is 2. The second-order valence-corrected chi connectivity index (χ2v) is 5.77. The normalized spacial score (nSPS) is 19.9. The molecule has 0 aromatic heterocycles. The molecule has 106 valence electrons. The summed E-state index contributed by atoms with van der Waals surface area (Å²) in [7, 11) is 0. The minimum atomic E-state index is -0.641. The van der Waals surface area contributed by atoms with Crippen LogP contribution in [0.5, 0.6) is 28.7 Å². The van der Waals surface area contributed by atoms with E-state index >= 15 is 0 Å². The molecule has 1 heterocycles. The van der Waals surface area contributed by atoms with Crippen LogP contribution in [0.25, 0.3) is 10.8 Å². The van der Waals surface area contributed by atoms with Gasteiger partial charge in [0.05, 0.1) is 5.39 Å². The van der Waals surface area contributed by atoms with Gasteiger partial charge >= 0.3 is 0 Å². The largest absolute Gasteiger partial charge is 0.507 e. The second-order valence-electron chi connectivity index (χ2n) is 5.77. The maximum atomic E-state index is 10.5. The molecule has 0 spiro atoms. The van der Waals surface area contributed by atoms with E-state index in [1.54, 1.807) is 6.07 Å². The van der Waals surface area contributed by atoms with Gasteiger partial charge in [0.2, 0.25) is 5.75 Å². The molecule has 1 aliphatic heterocycles. The summed E-state index contributed by atoms with van der Waals surface area (Å²) in [5.41, 5.74) is 0.172. The van der Waals surface area contributed by atoms with Gasteiger partial charge in [-0.3, -0.25) is 0 Å². The Morgan fingerprint density at radius 3 is 2.30 bits per heavy atom. The average Bonchev–Trinajstić information content (AvgIpc) is 2.57. The molecule has 3 rings (SSSR count). The predicted octanol–water partition coefficient (Wildman–Crippen LogP) is 2.72. The number of phenolic OH excluding ortho intramolecular Hbond substituents is 4. The monoisotopic (exact) mass is 276 g/mol. The summed E-state index contributed by atoms with van der Waals surface area (Å²) in [5, 5.41) is 40.2. The van der Waals surface area contributed by atoms with Crippen molar-refractivity contribution < 1.29 is 25.2 Å². The quantitative estimate of drug-likeness (QED) is 0.555. The lowest BCUT2D eigenvalue weighted by Gasteiger charge is -2.23. The highest BCUT2D eigenvalue weighted by Gasteiger charge is 2.42. The maximum absolute atomic E-state index is 10.5. The molecule has 20 heavy (non-hydrogen) atoms. The minimum absolute atomic E-state index is 0.116. The molecule has 0 fully saturated rings. The van der Waals surface area contributed by atoms with E-state index in [0.29, 0.717) is 16.7 Å². The van der Waals surface area contributed by atoms with Crippen molar-refractivity contribution in [2.45, 2.75) is 32.3 Å². The van der Waals surface area contributed by atoms with Gasteiger partial charge in [-0.2, -0.15) is 0 Å². The molecule has 1 aliphatic rings. The van der Waals surface area contributed by atoms with Crippen molar-refractivity contribution in [3.8, 4) is 28.7 Å². The third-order valence-corrected chi connectivity index (χ3v) is 4.26. The second kappa shape index (κ2) is 3.62. The zero-order valence-electron chi connectivity index (χ0n) is 11.4. The standard InChI is InChI=1S/C15H16O5/c1-6-15(2,3)11-9(20-6)5-7-4-8(16)12(17)14(19)10(7)13(11)18/h4-6,16-19H,1-3H3. The first-order valence-corrected chi connectivity index (χ1v) is 6.35. The van der Waals surface area contributed by atoms with Gasteiger partial charge in [0.15, 0.2) is 11.5 Å². The van der Waals surface area contributed by atoms with Gasteiger partial charge in [-0.05, 0) is 24.4 Å². The van der Waals surface area contributed by atoms with Crippen LogP contribution < -0.4 is 4.74 Å². The van der Waals surface area contributed by atoms with Gasteiger partial charge < -0.3 is 25.2 Å². The first kappa shape index (κ1) is 12.7. The fourth-order valence-corrected chi connectivity index (χ4v) is 2.74. The molecule has 5 nitrogen and oxygen atoms in total. The lowest BCUT2D eigenvalue weighted by Crippen LogP contribution is -2.28. The van der Waals surface area contributed by atoms with Crippen molar-refractivity contribution in [1.82, 2.24) is 0 Å². The Hall–Kier alpha value is -2.30. The molecule has 1 unspecified atom stereocenters. The summed E-state index contributed by atoms with van der Waals surface area (Å²) >= 11 is 0. The van der Waals surface area contributed by atoms with Crippen LogP contribution in [-0.4, -0.2) is 26.5 Å². The van der Waals surface area contributed by atoms with Gasteiger partial charge in [-0.1, -0.05) is 13.8 Å². The molecule has 0 bridgehead atoms. The highest BCUT2D eigenvalue weighted by atomic mass is 16.5. The Bertz CT molecular complexity index is 733. The summed E-state index contributed by atoms with van der Waals surface area (Å²) in [6.07, 6.45) is -0.135. The van der Waals surface area contributed by atoms with Crippen molar-refractivity contribution in [2.75, 3.05) is 0 Å². The summed E-state index contributed by atoms with van der Waals surface area (Å²) in [6.45, 7) is 5.78. The van der Waals surface area contributed by atoms with E-state index in [-0.39, 0.29) is 17.2 Å². The highest BCUT2D eigenvalue weighted by Crippen LogP contribution is 2.54. The van der Waals surface area contributed by atoms with E-state index in [1.165, 1.54) is 6.07 Å². The topological polar surface area (TPSA) is 90.2 Å². The first-order valence-electron chi connectivity index (χ1n) is 6.35. The van der Waals surface area contributed by atoms with Crippen LogP contribution in [0.4, 0.5) is 0 Å². The summed E-state index contributed by atoms with van der Waals surface area (Å²) in [6, 6.07) is 2.93. The van der Waals surface area contributed by atoms with Crippen LogP contribution >= 0.6 is 0 Å². The molecule has 1 atom stereocenters. The average molecular weight is 276 g/mol. The number of hydrogen-bond donors (Lipinski definition) is 4. The molecular weight excluding hydrogens is 260 g/mol. The lowest BCUT2D eigenvalue weighted by atomic mass is 9.80. The van der Waals surface area contributed by atoms with E-state index in [9.17, 15) is 20.4 Å². The van der Waals surface area contributed by atoms with Crippen molar-refractivity contribution in [2.24, 2.45) is 0 Å². The number of rotatable bonds is 0. The third-order valence-electron chi connectivity index (χ3n) is 4.26. The molecule has 0 amide bonds. The number of fused-ring (bicyclic) bond motifs is 2. The van der Waals surface area contributed by atoms with Crippen molar-refractivity contribution in [3.63, 3.8) is 0 Å². The zero-order chi connectivity index (χ0) is 14.8. The van der Waals surface area contributed by atoms with E-state index in [1.807, 2.05) is 20.8 Å². The van der Waals surface area contributed by atoms with Crippen molar-refractivity contribution in [3.05, 3.63) is 17.7 Å². The Labute approximate surface area is 115 Å². The smallest absolute Gasteiger partial charge is 0.201 e. The Morgan fingerprint density at radius 1 is 1.00 bits per heavy atom. The fraction of sp³-hybridized carbons (Fsp3) is 0.333. The Balaban J connectivity index is 2.46. The van der Waals surface area contributed by atoms with Crippen LogP contribution in [0.1, 0.15) is 26.3 Å². The minimum Gasteiger partial charge on any atom is -0.507 e. The summed E-state index contributed by atoms with van der Waals surface area (Å²) < 4.78 is 5.74. The van der Waals surface area contributed by atoms with Crippen LogP contribution in [0.15, 0.2) is 12.1 Å². The zero-order valence-corrected chi connectivity index (χ0v) is 11.4. The Morgan fingerprint density at radius 2 is 1.65 bits per heavy atom. The van der Waals surface area contributed by atoms with Crippen LogP contribution in [0, 0.1) is 0 Å². The molecule has 0 radical (unpaired) electrons. The van der Waals surface area contributed by atoms with E-state index < -0.39 is 22.7 Å². The van der Waals surface area contributed by atoms with Gasteiger partial charge in [0.1, 0.15) is 17.6 Å². The molecule has 2 aromatic carbocycles. The molecule has 0 saturated carbocycles. The number of hydrogen-bond acceptors (Lipinski definition) is 5. The molecule has 4 N–H and O–H groups in total. The Kier molecular flexibility index (Phi) is 2.31. The van der Waals surface area contributed by atoms with Gasteiger partial charge in [0, 0.05) is 11.0 Å². The fourth-order valence-electron chi connectivity index (χ4n) is 2.74. The van der Waals surface area contributed by atoms with Gasteiger partial charge in [-0.15, -0.1) is 0 Å². The number of phenols is 4. The predicted molar refractivity (Wildman–Crippen MR) is 73.7 cm³/mol. The maximum Gasteiger partial charge on any atom is 0.201 e. The van der Waals surface area contributed by atoms with Gasteiger partial charge in [0.25, 0.3) is 0 Å². The summed E-state index contributed by atoms with van der Waals surface area (Å²) in [5.74, 6) is -1.22. The van der Waals surface area contributed by atoms with Crippen molar-refractivity contribution >= 4 is 10.8 Å².